The van der Waals surface area contributed by atoms with Gasteiger partial charge in [-0.25, -0.2) is 0 Å². The van der Waals surface area contributed by atoms with E-state index < -0.39 is 0 Å². The lowest BCUT2D eigenvalue weighted by Gasteiger charge is -2.18. The van der Waals surface area contributed by atoms with Gasteiger partial charge in [0.15, 0.2) is 6.61 Å². The van der Waals surface area contributed by atoms with Gasteiger partial charge in [0.25, 0.3) is 5.91 Å². The second kappa shape index (κ2) is 8.67. The summed E-state index contributed by atoms with van der Waals surface area (Å²) in [4.78, 5) is 25.6. The van der Waals surface area contributed by atoms with Gasteiger partial charge in [-0.05, 0) is 59.1 Å². The first kappa shape index (κ1) is 19.0. The Morgan fingerprint density at radius 2 is 1.84 bits per heavy atom. The maximum absolute atomic E-state index is 12.2. The lowest BCUT2D eigenvalue weighted by Crippen LogP contribution is -2.37. The molecule has 0 aliphatic heterocycles. The van der Waals surface area contributed by atoms with E-state index in [0.717, 1.165) is 15.6 Å². The molecule has 0 aromatic heterocycles. The molecule has 2 aromatic rings. The molecule has 5 nitrogen and oxygen atoms in total. The van der Waals surface area contributed by atoms with E-state index in [-0.39, 0.29) is 25.0 Å². The number of nitrogens with zero attached hydrogens (tertiary/aromatic N) is 1. The second-order valence-corrected chi connectivity index (χ2v) is 6.62. The second-order valence-electron chi connectivity index (χ2n) is 5.76. The van der Waals surface area contributed by atoms with Gasteiger partial charge in [0, 0.05) is 11.5 Å². The Balaban J connectivity index is 1.86. The van der Waals surface area contributed by atoms with Crippen LogP contribution in [0, 0.1) is 13.8 Å². The molecule has 132 valence electrons. The number of aryl methyl sites for hydroxylation is 1. The van der Waals surface area contributed by atoms with Crippen LogP contribution in [-0.2, 0) is 9.59 Å². The summed E-state index contributed by atoms with van der Waals surface area (Å²) in [6.45, 7) is 3.78. The fourth-order valence-corrected chi connectivity index (χ4v) is 2.57. The van der Waals surface area contributed by atoms with Crippen molar-refractivity contribution in [2.45, 2.75) is 13.8 Å². The van der Waals surface area contributed by atoms with Gasteiger partial charge in [0.1, 0.15) is 5.75 Å². The summed E-state index contributed by atoms with van der Waals surface area (Å²) < 4.78 is 6.38. The van der Waals surface area contributed by atoms with E-state index in [2.05, 4.69) is 21.2 Å². The van der Waals surface area contributed by atoms with E-state index >= 15 is 0 Å². The number of likely N-dealkylation sites (N-methyl/N-ethyl adjacent to an activating group) is 1. The van der Waals surface area contributed by atoms with E-state index in [1.807, 2.05) is 50.2 Å². The third kappa shape index (κ3) is 5.32. The first-order valence-electron chi connectivity index (χ1n) is 7.86. The van der Waals surface area contributed by atoms with Crippen molar-refractivity contribution >= 4 is 33.4 Å². The lowest BCUT2D eigenvalue weighted by atomic mass is 10.1. The fourth-order valence-electron chi connectivity index (χ4n) is 2.19. The van der Waals surface area contributed by atoms with Crippen LogP contribution in [0.4, 0.5) is 5.69 Å². The molecule has 1 N–H and O–H groups in total. The molecule has 0 aliphatic carbocycles. The Kier molecular flexibility index (Phi) is 6.58. The standard InChI is InChI=1S/C19H21BrN2O3/c1-13-7-6-10-17(14(13)2)25-12-19(24)22(3)11-18(23)21-16-9-5-4-8-15(16)20/h4-10H,11-12H2,1-3H3,(H,21,23). The quantitative estimate of drug-likeness (QED) is 0.800. The van der Waals surface area contributed by atoms with E-state index in [4.69, 9.17) is 4.74 Å². The van der Waals surface area contributed by atoms with Gasteiger partial charge in [-0.2, -0.15) is 0 Å². The number of para-hydroxylation sites is 1. The minimum absolute atomic E-state index is 0.0453. The van der Waals surface area contributed by atoms with Crippen molar-refractivity contribution in [1.29, 1.82) is 0 Å². The maximum atomic E-state index is 12.2. The molecule has 0 spiro atoms. The van der Waals surface area contributed by atoms with Crippen LogP contribution in [0.15, 0.2) is 46.9 Å². The third-order valence-electron chi connectivity index (χ3n) is 3.86. The highest BCUT2D eigenvalue weighted by molar-refractivity contribution is 9.10. The number of ether oxygens (including phenoxy) is 1. The van der Waals surface area contributed by atoms with Gasteiger partial charge < -0.3 is 15.0 Å². The normalized spacial score (nSPS) is 10.2. The molecular weight excluding hydrogens is 384 g/mol. The highest BCUT2D eigenvalue weighted by Gasteiger charge is 2.15. The van der Waals surface area contributed by atoms with Crippen LogP contribution in [0.3, 0.4) is 0 Å². The van der Waals surface area contributed by atoms with Crippen LogP contribution in [0.1, 0.15) is 11.1 Å². The van der Waals surface area contributed by atoms with Crippen molar-refractivity contribution in [2.24, 2.45) is 0 Å². The van der Waals surface area contributed by atoms with Crippen LogP contribution in [0.2, 0.25) is 0 Å². The molecule has 0 radical (unpaired) electrons. The van der Waals surface area contributed by atoms with Crippen molar-refractivity contribution in [3.8, 4) is 5.75 Å². The number of hydrogen-bond acceptors (Lipinski definition) is 3. The third-order valence-corrected chi connectivity index (χ3v) is 4.55. The zero-order chi connectivity index (χ0) is 18.4. The summed E-state index contributed by atoms with van der Waals surface area (Å²) in [5, 5.41) is 2.77. The number of rotatable bonds is 6. The SMILES string of the molecule is Cc1cccc(OCC(=O)N(C)CC(=O)Nc2ccccc2Br)c1C. The number of anilines is 1. The number of nitrogens with one attached hydrogen (secondary N) is 1. The molecule has 6 heteroatoms. The molecule has 2 rings (SSSR count). The van der Waals surface area contributed by atoms with Crippen molar-refractivity contribution in [3.63, 3.8) is 0 Å². The minimum atomic E-state index is -0.269. The molecule has 25 heavy (non-hydrogen) atoms. The Morgan fingerprint density at radius 1 is 1.12 bits per heavy atom. The minimum Gasteiger partial charge on any atom is -0.483 e. The van der Waals surface area contributed by atoms with E-state index in [9.17, 15) is 9.59 Å². The van der Waals surface area contributed by atoms with Gasteiger partial charge in [0.05, 0.1) is 12.2 Å². The van der Waals surface area contributed by atoms with Gasteiger partial charge >= 0.3 is 0 Å². The first-order valence-corrected chi connectivity index (χ1v) is 8.65. The van der Waals surface area contributed by atoms with Crippen LogP contribution in [-0.4, -0.2) is 36.9 Å². The van der Waals surface area contributed by atoms with Crippen LogP contribution < -0.4 is 10.1 Å². The summed E-state index contributed by atoms with van der Waals surface area (Å²) in [5.41, 5.74) is 2.77. The van der Waals surface area contributed by atoms with Gasteiger partial charge in [0.2, 0.25) is 5.91 Å². The molecule has 0 saturated carbocycles. The summed E-state index contributed by atoms with van der Waals surface area (Å²) in [7, 11) is 1.58. The van der Waals surface area contributed by atoms with Crippen molar-refractivity contribution < 1.29 is 14.3 Å². The highest BCUT2D eigenvalue weighted by atomic mass is 79.9. The number of benzene rings is 2. The average Bonchev–Trinajstić information content (AvgIpc) is 2.58. The predicted octanol–water partition coefficient (Wildman–Crippen LogP) is 3.54. The number of hydrogen-bond donors (Lipinski definition) is 1. The molecule has 0 saturated heterocycles. The molecule has 0 atom stereocenters. The number of carbonyl (C=O) groups is 2. The van der Waals surface area contributed by atoms with Gasteiger partial charge in [-0.15, -0.1) is 0 Å². The average molecular weight is 405 g/mol. The van der Waals surface area contributed by atoms with Crippen molar-refractivity contribution in [1.82, 2.24) is 4.90 Å². The summed E-state index contributed by atoms with van der Waals surface area (Å²) >= 11 is 3.37. The number of carbonyl (C=O) groups excluding carboxylic acids is 2. The van der Waals surface area contributed by atoms with E-state index in [0.29, 0.717) is 11.4 Å². The molecular formula is C19H21BrN2O3. The summed E-state index contributed by atoms with van der Waals surface area (Å²) in [6, 6.07) is 13.0. The summed E-state index contributed by atoms with van der Waals surface area (Å²) in [5.74, 6) is 0.150. The molecule has 2 amide bonds. The van der Waals surface area contributed by atoms with Gasteiger partial charge in [-0.1, -0.05) is 24.3 Å². The fraction of sp³-hybridized carbons (Fsp3) is 0.263. The molecule has 2 aromatic carbocycles. The zero-order valence-corrected chi connectivity index (χ0v) is 16.1. The molecule has 0 aliphatic rings. The Morgan fingerprint density at radius 3 is 2.56 bits per heavy atom. The highest BCUT2D eigenvalue weighted by Crippen LogP contribution is 2.21. The number of halogens is 1. The molecule has 0 heterocycles. The first-order chi connectivity index (χ1) is 11.9. The molecule has 0 unspecified atom stereocenters. The van der Waals surface area contributed by atoms with Crippen LogP contribution in [0.5, 0.6) is 5.75 Å². The maximum Gasteiger partial charge on any atom is 0.260 e. The van der Waals surface area contributed by atoms with E-state index in [1.54, 1.807) is 13.1 Å². The topological polar surface area (TPSA) is 58.6 Å². The van der Waals surface area contributed by atoms with Gasteiger partial charge in [-0.3, -0.25) is 9.59 Å². The Labute approximate surface area is 156 Å². The van der Waals surface area contributed by atoms with Crippen LogP contribution >= 0.6 is 15.9 Å². The Hall–Kier alpha value is -2.34. The molecule has 0 fully saturated rings. The monoisotopic (exact) mass is 404 g/mol. The smallest absolute Gasteiger partial charge is 0.260 e. The largest absolute Gasteiger partial charge is 0.483 e. The van der Waals surface area contributed by atoms with E-state index in [1.165, 1.54) is 4.90 Å². The number of amides is 2. The predicted molar refractivity (Wildman–Crippen MR) is 102 cm³/mol. The van der Waals surface area contributed by atoms with Crippen molar-refractivity contribution in [2.75, 3.05) is 25.5 Å². The molecule has 0 bridgehead atoms. The lowest BCUT2D eigenvalue weighted by molar-refractivity contribution is -0.135. The zero-order valence-electron chi connectivity index (χ0n) is 14.5. The van der Waals surface area contributed by atoms with Crippen molar-refractivity contribution in [3.05, 3.63) is 58.1 Å². The summed E-state index contributed by atoms with van der Waals surface area (Å²) in [6.07, 6.45) is 0. The van der Waals surface area contributed by atoms with Crippen LogP contribution in [0.25, 0.3) is 0 Å². The Bertz CT molecular complexity index is 777.